The predicted octanol–water partition coefficient (Wildman–Crippen LogP) is 5.87. The second-order valence-electron chi connectivity index (χ2n) is 11.3. The molecule has 1 saturated heterocycles. The Bertz CT molecular complexity index is 2000. The first-order chi connectivity index (χ1) is 24.3. The molecule has 1 aliphatic heterocycles. The number of halogens is 2. The van der Waals surface area contributed by atoms with E-state index in [1.807, 2.05) is 39.8 Å². The highest BCUT2D eigenvalue weighted by Crippen LogP contribution is 2.25. The van der Waals surface area contributed by atoms with E-state index in [0.29, 0.717) is 53.7 Å². The molecule has 2 unspecified atom stereocenters. The van der Waals surface area contributed by atoms with Crippen LogP contribution in [0.4, 0.5) is 50.7 Å². The predicted molar refractivity (Wildman–Crippen MR) is 193 cm³/mol. The van der Waals surface area contributed by atoms with E-state index in [-0.39, 0.29) is 17.0 Å². The van der Waals surface area contributed by atoms with Crippen LogP contribution in [-0.4, -0.2) is 72.4 Å². The van der Waals surface area contributed by atoms with E-state index in [4.69, 9.17) is 11.6 Å². The highest BCUT2D eigenvalue weighted by Gasteiger charge is 2.27. The lowest BCUT2D eigenvalue weighted by atomic mass is 10.1. The first kappa shape index (κ1) is 34.0. The lowest BCUT2D eigenvalue weighted by molar-refractivity contribution is -0.111. The number of nitrogens with zero attached hydrogens (tertiary/aromatic N) is 7. The summed E-state index contributed by atoms with van der Waals surface area (Å²) in [6.07, 6.45) is 6.52. The molecule has 1 amide bonds. The Morgan fingerprint density at radius 2 is 1.70 bits per heavy atom. The number of nitrogens with one attached hydrogen (secondary N) is 4. The third-order valence-electron chi connectivity index (χ3n) is 7.70. The molecule has 0 bridgehead atoms. The van der Waals surface area contributed by atoms with Gasteiger partial charge >= 0.3 is 5.82 Å². The Morgan fingerprint density at radius 3 is 2.50 bits per heavy atom. The monoisotopic (exact) mass is 694 g/mol. The molecule has 4 heterocycles. The summed E-state index contributed by atoms with van der Waals surface area (Å²) in [5.41, 5.74) is 1.39. The van der Waals surface area contributed by atoms with Crippen molar-refractivity contribution in [2.75, 3.05) is 34.4 Å². The normalized spacial score (nSPS) is 15.5. The Labute approximate surface area is 292 Å². The smallest absolute Gasteiger partial charge is 0.333 e. The minimum Gasteiger partial charge on any atom is -0.371 e. The van der Waals surface area contributed by atoms with Crippen molar-refractivity contribution >= 4 is 70.0 Å². The molecule has 15 heteroatoms. The quantitative estimate of drug-likeness (QED) is 0.0605. The molecule has 50 heavy (non-hydrogen) atoms. The molecule has 0 radical (unpaired) electrons. The maximum Gasteiger partial charge on any atom is 0.333 e. The van der Waals surface area contributed by atoms with E-state index in [0.717, 1.165) is 18.5 Å². The number of aromatic nitrogens is 5. The van der Waals surface area contributed by atoms with Gasteiger partial charge in [-0.05, 0) is 66.4 Å². The van der Waals surface area contributed by atoms with E-state index in [9.17, 15) is 14.3 Å². The van der Waals surface area contributed by atoms with Crippen molar-refractivity contribution in [2.24, 2.45) is 0 Å². The zero-order valence-electron chi connectivity index (χ0n) is 26.7. The summed E-state index contributed by atoms with van der Waals surface area (Å²) in [6, 6.07) is 22.6. The van der Waals surface area contributed by atoms with Crippen LogP contribution in [0.5, 0.6) is 0 Å². The van der Waals surface area contributed by atoms with E-state index in [2.05, 4.69) is 52.8 Å². The molecule has 5 N–H and O–H groups in total. The number of aliphatic hydroxyl groups excluding tert-OH is 1. The number of aliphatic hydroxyl groups is 1. The lowest BCUT2D eigenvalue weighted by Crippen LogP contribution is -2.48. The van der Waals surface area contributed by atoms with Gasteiger partial charge in [0.1, 0.15) is 53.1 Å². The number of likely N-dealkylation sites (tertiary alicyclic amines) is 1. The van der Waals surface area contributed by atoms with Crippen molar-refractivity contribution in [1.82, 2.24) is 34.4 Å². The molecule has 1 fully saturated rings. The number of carbonyl (C=O) groups is 1. The van der Waals surface area contributed by atoms with Crippen molar-refractivity contribution in [1.29, 1.82) is 0 Å². The number of carbonyl (C=O) groups excluding carboxylic acids is 1. The summed E-state index contributed by atoms with van der Waals surface area (Å²) in [5, 5.41) is 23.9. The van der Waals surface area contributed by atoms with Gasteiger partial charge in [-0.25, -0.2) is 19.3 Å². The molecule has 6 rings (SSSR count). The number of piperidine rings is 1. The van der Waals surface area contributed by atoms with Gasteiger partial charge in [-0.3, -0.25) is 9.69 Å². The fraction of sp³-hybridized carbons (Fsp3) is 0.171. The second-order valence-corrected chi connectivity index (χ2v) is 11.7. The first-order valence-electron chi connectivity index (χ1n) is 15.7. The van der Waals surface area contributed by atoms with Crippen LogP contribution in [0.25, 0.3) is 0 Å². The van der Waals surface area contributed by atoms with Crippen LogP contribution < -0.4 is 25.8 Å². The average Bonchev–Trinajstić information content (AvgIpc) is 3.13. The summed E-state index contributed by atoms with van der Waals surface area (Å²) >= 11 is 5.92. The minimum absolute atomic E-state index is 0.00521. The van der Waals surface area contributed by atoms with E-state index in [1.165, 1.54) is 30.9 Å². The number of hydrogen-bond acceptors (Lipinski definition) is 11. The van der Waals surface area contributed by atoms with E-state index in [1.54, 1.807) is 42.6 Å². The lowest BCUT2D eigenvalue weighted by Gasteiger charge is -2.34. The zero-order chi connectivity index (χ0) is 34.9. The van der Waals surface area contributed by atoms with Crippen molar-refractivity contribution in [3.63, 3.8) is 0 Å². The summed E-state index contributed by atoms with van der Waals surface area (Å²) < 4.78 is 15.4. The van der Waals surface area contributed by atoms with Crippen molar-refractivity contribution in [3.8, 4) is 0 Å². The molecule has 1 aliphatic rings. The van der Waals surface area contributed by atoms with Crippen molar-refractivity contribution < 1.29 is 14.3 Å². The van der Waals surface area contributed by atoms with Gasteiger partial charge in [0.25, 0.3) is 0 Å². The molecule has 3 aromatic heterocycles. The molecule has 13 nitrogen and oxygen atoms in total. The molecule has 2 aromatic carbocycles. The molecule has 0 spiro atoms. The highest BCUT2D eigenvalue weighted by molar-refractivity contribution is 6.31. The van der Waals surface area contributed by atoms with Crippen molar-refractivity contribution in [2.45, 2.75) is 25.1 Å². The summed E-state index contributed by atoms with van der Waals surface area (Å²) in [7, 11) is 0. The minimum atomic E-state index is -0.955. The summed E-state index contributed by atoms with van der Waals surface area (Å²) in [4.78, 5) is 35.6. The third-order valence-corrected chi connectivity index (χ3v) is 7.99. The molecule has 5 aromatic rings. The van der Waals surface area contributed by atoms with Gasteiger partial charge in [0.05, 0.1) is 11.1 Å². The Kier molecular flexibility index (Phi) is 10.9. The second kappa shape index (κ2) is 16.0. The first-order valence-corrected chi connectivity index (χ1v) is 16.1. The number of amides is 1. The van der Waals surface area contributed by atoms with Gasteiger partial charge < -0.3 is 26.4 Å². The van der Waals surface area contributed by atoms with E-state index >= 15 is 0 Å². The van der Waals surface area contributed by atoms with Crippen molar-refractivity contribution in [3.05, 3.63) is 115 Å². The van der Waals surface area contributed by atoms with Gasteiger partial charge in [0, 0.05) is 30.9 Å². The van der Waals surface area contributed by atoms with Gasteiger partial charge in [0.15, 0.2) is 6.23 Å². The summed E-state index contributed by atoms with van der Waals surface area (Å²) in [5.74, 6) is 2.06. The van der Waals surface area contributed by atoms with Gasteiger partial charge in [-0.1, -0.05) is 42.4 Å². The number of rotatable bonds is 12. The van der Waals surface area contributed by atoms with Crippen LogP contribution in [0.15, 0.2) is 104 Å². The molecular weight excluding hydrogens is 661 g/mol. The number of para-hydroxylation sites is 1. The molecule has 0 saturated carbocycles. The van der Waals surface area contributed by atoms with E-state index < -0.39 is 12.0 Å². The highest BCUT2D eigenvalue weighted by atomic mass is 35.5. The third kappa shape index (κ3) is 8.99. The number of benzene rings is 2. The number of anilines is 6. The summed E-state index contributed by atoms with van der Waals surface area (Å²) in [6.45, 7) is 4.69. The number of pyridine rings is 1. The van der Waals surface area contributed by atoms with Crippen LogP contribution in [0, 0.1) is 5.82 Å². The molecule has 254 valence electrons. The Morgan fingerprint density at radius 1 is 0.940 bits per heavy atom. The van der Waals surface area contributed by atoms with Gasteiger partial charge in [-0.15, -0.1) is 0 Å². The van der Waals surface area contributed by atoms with Crippen LogP contribution in [0.1, 0.15) is 12.8 Å². The SMILES string of the molecule is C=CC(=O)Nc1cccc(Nc2cc([N+](=CC(O)N3CCCC(Nc4cc(Nc5ccc(F)c(Cl)c5)ncn4)C3)c3ccccc3)ncn2)n1. The van der Waals surface area contributed by atoms with Crippen LogP contribution >= 0.6 is 11.6 Å². The van der Waals surface area contributed by atoms with Gasteiger partial charge in [0.2, 0.25) is 12.2 Å². The molecular formula is C35H34ClFN11O2+. The molecule has 0 aliphatic carbocycles. The largest absolute Gasteiger partial charge is 0.371 e. The Balaban J connectivity index is 1.17. The van der Waals surface area contributed by atoms with Gasteiger partial charge in [-0.2, -0.15) is 9.56 Å². The topological polar surface area (TPSA) is 156 Å². The average molecular weight is 695 g/mol. The fourth-order valence-electron chi connectivity index (χ4n) is 5.34. The van der Waals surface area contributed by atoms with Crippen LogP contribution in [0.3, 0.4) is 0 Å². The zero-order valence-corrected chi connectivity index (χ0v) is 27.5. The maximum absolute atomic E-state index is 13.6. The van der Waals surface area contributed by atoms with Crippen LogP contribution in [-0.2, 0) is 4.79 Å². The fourth-order valence-corrected chi connectivity index (χ4v) is 5.52. The maximum atomic E-state index is 13.6. The Hall–Kier alpha value is -5.83. The van der Waals surface area contributed by atoms with Crippen LogP contribution in [0.2, 0.25) is 5.02 Å². The molecule has 2 atom stereocenters. The standard InChI is InChI=1S/C35H33ClFN11O2/c1-2-34(49)46-29-12-6-11-28(44-29)45-32-18-33(41-22-40-32)48(25-9-4-3-5-10-25)20-35(50)47-15-7-8-24(19-47)43-31-17-30(38-21-39-31)42-23-13-14-27(37)26(36)16-23/h2-6,9-14,16-18,20-22,24,35,50H,1,7-8,15,19H2,(H3-,38,39,40,41,42,43,44,45,46,49)/p+1. The number of hydrogen-bond donors (Lipinski definition) is 5.